The van der Waals surface area contributed by atoms with Crippen LogP contribution in [0.15, 0.2) is 78.1 Å². The first kappa shape index (κ1) is 21.0. The fourth-order valence-electron chi connectivity index (χ4n) is 3.08. The van der Waals surface area contributed by atoms with E-state index in [2.05, 4.69) is 15.4 Å². The molecule has 10 heteroatoms. The number of rotatable bonds is 5. The summed E-state index contributed by atoms with van der Waals surface area (Å²) in [5.74, 6) is -0.770. The molecule has 0 saturated carbocycles. The zero-order valence-corrected chi connectivity index (χ0v) is 16.4. The van der Waals surface area contributed by atoms with Gasteiger partial charge in [0.15, 0.2) is 0 Å². The van der Waals surface area contributed by atoms with Crippen LogP contribution in [0.5, 0.6) is 0 Å². The SMILES string of the molecule is O=C(Nc1cc(C(F)(F)F)c[nH]c1=O)c1cn(Cc2ccccc2)nc1-c1cccnc1. The highest BCUT2D eigenvalue weighted by atomic mass is 19.4. The number of hydrogen-bond donors (Lipinski definition) is 2. The zero-order valence-electron chi connectivity index (χ0n) is 16.4. The van der Waals surface area contributed by atoms with Gasteiger partial charge < -0.3 is 10.3 Å². The van der Waals surface area contributed by atoms with Crippen molar-refractivity contribution in [1.82, 2.24) is 19.7 Å². The molecule has 4 rings (SSSR count). The molecule has 0 atom stereocenters. The second-order valence-electron chi connectivity index (χ2n) is 6.90. The highest BCUT2D eigenvalue weighted by molar-refractivity contribution is 6.07. The second-order valence-corrected chi connectivity index (χ2v) is 6.90. The Morgan fingerprint density at radius 2 is 1.91 bits per heavy atom. The normalized spacial score (nSPS) is 11.3. The van der Waals surface area contributed by atoms with E-state index in [-0.39, 0.29) is 11.3 Å². The number of carbonyl (C=O) groups excluding carboxylic acids is 1. The lowest BCUT2D eigenvalue weighted by Crippen LogP contribution is -2.21. The maximum Gasteiger partial charge on any atom is 0.417 e. The molecule has 1 amide bonds. The van der Waals surface area contributed by atoms with Gasteiger partial charge in [-0.2, -0.15) is 18.3 Å². The van der Waals surface area contributed by atoms with Crippen molar-refractivity contribution in [2.45, 2.75) is 12.7 Å². The van der Waals surface area contributed by atoms with Gasteiger partial charge in [-0.15, -0.1) is 0 Å². The smallest absolute Gasteiger partial charge is 0.327 e. The lowest BCUT2D eigenvalue weighted by atomic mass is 10.1. The van der Waals surface area contributed by atoms with Gasteiger partial charge in [0.05, 0.1) is 17.7 Å². The van der Waals surface area contributed by atoms with E-state index in [9.17, 15) is 22.8 Å². The summed E-state index contributed by atoms with van der Waals surface area (Å²) < 4.78 is 40.5. The Labute approximate surface area is 179 Å². The number of aromatic amines is 1. The summed E-state index contributed by atoms with van der Waals surface area (Å²) in [5.41, 5.74) is -0.597. The van der Waals surface area contributed by atoms with Crippen LogP contribution >= 0.6 is 0 Å². The fourth-order valence-corrected chi connectivity index (χ4v) is 3.08. The third-order valence-electron chi connectivity index (χ3n) is 4.61. The molecule has 7 nitrogen and oxygen atoms in total. The minimum atomic E-state index is -4.68. The number of nitrogens with zero attached hydrogens (tertiary/aromatic N) is 3. The first-order valence-corrected chi connectivity index (χ1v) is 9.44. The number of amides is 1. The average Bonchev–Trinajstić information content (AvgIpc) is 3.20. The summed E-state index contributed by atoms with van der Waals surface area (Å²) in [7, 11) is 0. The Hall–Kier alpha value is -4.21. The Morgan fingerprint density at radius 3 is 2.59 bits per heavy atom. The number of H-pyrrole nitrogens is 1. The monoisotopic (exact) mass is 439 g/mol. The van der Waals surface area contributed by atoms with Crippen LogP contribution in [0.1, 0.15) is 21.5 Å². The molecule has 0 unspecified atom stereocenters. The Morgan fingerprint density at radius 1 is 1.12 bits per heavy atom. The molecule has 4 aromatic rings. The van der Waals surface area contributed by atoms with E-state index in [1.54, 1.807) is 23.0 Å². The van der Waals surface area contributed by atoms with Crippen molar-refractivity contribution >= 4 is 11.6 Å². The van der Waals surface area contributed by atoms with Crippen molar-refractivity contribution in [3.63, 3.8) is 0 Å². The predicted octanol–water partition coefficient (Wildman–Crippen LogP) is 3.95. The lowest BCUT2D eigenvalue weighted by molar-refractivity contribution is -0.137. The van der Waals surface area contributed by atoms with Crippen LogP contribution in [0.2, 0.25) is 0 Å². The van der Waals surface area contributed by atoms with E-state index in [0.717, 1.165) is 5.56 Å². The minimum Gasteiger partial charge on any atom is -0.327 e. The molecule has 0 fully saturated rings. The molecule has 3 heterocycles. The maximum absolute atomic E-state index is 13.0. The van der Waals surface area contributed by atoms with Crippen LogP contribution in [0.25, 0.3) is 11.3 Å². The van der Waals surface area contributed by atoms with Gasteiger partial charge >= 0.3 is 6.18 Å². The van der Waals surface area contributed by atoms with Gasteiger partial charge in [0.25, 0.3) is 11.5 Å². The van der Waals surface area contributed by atoms with Crippen LogP contribution in [-0.4, -0.2) is 25.7 Å². The van der Waals surface area contributed by atoms with Crippen LogP contribution in [0.3, 0.4) is 0 Å². The molecule has 2 N–H and O–H groups in total. The summed E-state index contributed by atoms with van der Waals surface area (Å²) in [6, 6.07) is 13.4. The van der Waals surface area contributed by atoms with Gasteiger partial charge in [-0.3, -0.25) is 19.3 Å². The third-order valence-corrected chi connectivity index (χ3v) is 4.61. The molecule has 32 heavy (non-hydrogen) atoms. The van der Waals surface area contributed by atoms with Crippen molar-refractivity contribution in [2.24, 2.45) is 0 Å². The van der Waals surface area contributed by atoms with E-state index >= 15 is 0 Å². The summed E-state index contributed by atoms with van der Waals surface area (Å²) >= 11 is 0. The number of alkyl halides is 3. The van der Waals surface area contributed by atoms with Crippen molar-refractivity contribution in [1.29, 1.82) is 0 Å². The molecule has 162 valence electrons. The molecule has 0 bridgehead atoms. The first-order valence-electron chi connectivity index (χ1n) is 9.44. The molecule has 0 aliphatic rings. The van der Waals surface area contributed by atoms with E-state index in [4.69, 9.17) is 0 Å². The molecule has 3 aromatic heterocycles. The Balaban J connectivity index is 1.70. The number of benzene rings is 1. The second kappa shape index (κ2) is 8.50. The van der Waals surface area contributed by atoms with Crippen molar-refractivity contribution in [3.8, 4) is 11.3 Å². The van der Waals surface area contributed by atoms with Gasteiger partial charge in [0, 0.05) is 30.4 Å². The molecule has 0 aliphatic heterocycles. The van der Waals surface area contributed by atoms with Crippen LogP contribution in [-0.2, 0) is 12.7 Å². The number of hydrogen-bond acceptors (Lipinski definition) is 4. The molecular formula is C22H16F3N5O2. The van der Waals surface area contributed by atoms with Gasteiger partial charge in [-0.1, -0.05) is 30.3 Å². The quantitative estimate of drug-likeness (QED) is 0.493. The zero-order chi connectivity index (χ0) is 22.7. The predicted molar refractivity (Wildman–Crippen MR) is 111 cm³/mol. The highest BCUT2D eigenvalue weighted by Crippen LogP contribution is 2.29. The number of anilines is 1. The standard InChI is InChI=1S/C22H16F3N5O2/c23-22(24,25)16-9-18(21(32)27-11-16)28-20(31)17-13-30(12-14-5-2-1-3-6-14)29-19(17)15-7-4-8-26-10-15/h1-11,13H,12H2,(H,27,32)(H,28,31). The molecule has 0 saturated heterocycles. The number of halogens is 3. The van der Waals surface area contributed by atoms with Gasteiger partial charge in [-0.05, 0) is 23.8 Å². The van der Waals surface area contributed by atoms with Crippen molar-refractivity contribution in [2.75, 3.05) is 5.32 Å². The van der Waals surface area contributed by atoms with E-state index in [1.807, 2.05) is 35.3 Å². The number of nitrogens with one attached hydrogen (secondary N) is 2. The Bertz CT molecular complexity index is 1300. The van der Waals surface area contributed by atoms with Crippen molar-refractivity contribution < 1.29 is 18.0 Å². The van der Waals surface area contributed by atoms with Crippen molar-refractivity contribution in [3.05, 3.63) is 100 Å². The first-order chi connectivity index (χ1) is 15.3. The summed E-state index contributed by atoms with van der Waals surface area (Å²) in [5, 5.41) is 6.74. The maximum atomic E-state index is 13.0. The number of carbonyl (C=O) groups is 1. The lowest BCUT2D eigenvalue weighted by Gasteiger charge is -2.09. The molecule has 0 spiro atoms. The highest BCUT2D eigenvalue weighted by Gasteiger charge is 2.31. The van der Waals surface area contributed by atoms with Gasteiger partial charge in [0.2, 0.25) is 0 Å². The molecule has 1 aromatic carbocycles. The van der Waals surface area contributed by atoms with E-state index < -0.39 is 28.9 Å². The average molecular weight is 439 g/mol. The fraction of sp³-hybridized carbons (Fsp3) is 0.0909. The Kier molecular flexibility index (Phi) is 5.59. The summed E-state index contributed by atoms with van der Waals surface area (Å²) in [4.78, 5) is 31.0. The van der Waals surface area contributed by atoms with Crippen LogP contribution in [0, 0.1) is 0 Å². The van der Waals surface area contributed by atoms with Gasteiger partial charge in [0.1, 0.15) is 11.4 Å². The topological polar surface area (TPSA) is 92.7 Å². The third kappa shape index (κ3) is 4.59. The van der Waals surface area contributed by atoms with E-state index in [0.29, 0.717) is 24.4 Å². The number of pyridine rings is 2. The summed E-state index contributed by atoms with van der Waals surface area (Å²) in [6.45, 7) is 0.367. The van der Waals surface area contributed by atoms with E-state index in [1.165, 1.54) is 12.4 Å². The minimum absolute atomic E-state index is 0.0887. The van der Waals surface area contributed by atoms with Gasteiger partial charge in [-0.25, -0.2) is 0 Å². The molecular weight excluding hydrogens is 423 g/mol. The summed E-state index contributed by atoms with van der Waals surface area (Å²) in [6.07, 6.45) is 0.434. The molecule has 0 aliphatic carbocycles. The number of aromatic nitrogens is 4. The van der Waals surface area contributed by atoms with Crippen LogP contribution < -0.4 is 10.9 Å². The largest absolute Gasteiger partial charge is 0.417 e. The van der Waals surface area contributed by atoms with Crippen LogP contribution in [0.4, 0.5) is 18.9 Å². The molecule has 0 radical (unpaired) electrons.